The maximum Gasteiger partial charge on any atom is 0.435 e. The highest BCUT2D eigenvalue weighted by Crippen LogP contribution is 2.30. The summed E-state index contributed by atoms with van der Waals surface area (Å²) in [4.78, 5) is 14.3. The van der Waals surface area contributed by atoms with Gasteiger partial charge in [0.1, 0.15) is 0 Å². The average molecular weight is 332 g/mol. The van der Waals surface area contributed by atoms with Gasteiger partial charge in [-0.05, 0) is 38.9 Å². The Labute approximate surface area is 133 Å². The zero-order chi connectivity index (χ0) is 16.9. The van der Waals surface area contributed by atoms with E-state index in [1.54, 1.807) is 0 Å². The van der Waals surface area contributed by atoms with Crippen molar-refractivity contribution < 1.29 is 18.0 Å². The first kappa shape index (κ1) is 17.8. The summed E-state index contributed by atoms with van der Waals surface area (Å²) in [6, 6.07) is 0. The third-order valence-electron chi connectivity index (χ3n) is 3.98. The number of hydrogen-bond acceptors (Lipinski definition) is 3. The fourth-order valence-electron chi connectivity index (χ4n) is 2.82. The second kappa shape index (κ2) is 7.81. The molecule has 23 heavy (non-hydrogen) atoms. The number of nitrogens with one attached hydrogen (secondary N) is 1. The van der Waals surface area contributed by atoms with Crippen LogP contribution in [-0.4, -0.2) is 46.8 Å². The van der Waals surface area contributed by atoms with Crippen molar-refractivity contribution in [3.05, 3.63) is 17.5 Å². The smallest absolute Gasteiger partial charge is 0.352 e. The van der Waals surface area contributed by atoms with Crippen molar-refractivity contribution in [2.24, 2.45) is 7.05 Å². The summed E-state index contributed by atoms with van der Waals surface area (Å²) in [6.07, 6.45) is 2.11. The Kier molecular flexibility index (Phi) is 6.04. The van der Waals surface area contributed by atoms with Gasteiger partial charge in [0.2, 0.25) is 0 Å². The first-order chi connectivity index (χ1) is 10.9. The van der Waals surface area contributed by atoms with Gasteiger partial charge in [0.25, 0.3) is 5.91 Å². The number of aryl methyl sites for hydroxylation is 1. The molecule has 1 aromatic heterocycles. The molecule has 0 aromatic carbocycles. The van der Waals surface area contributed by atoms with Crippen molar-refractivity contribution in [3.63, 3.8) is 0 Å². The Morgan fingerprint density at radius 1 is 1.26 bits per heavy atom. The summed E-state index contributed by atoms with van der Waals surface area (Å²) in [7, 11) is 1.37. The van der Waals surface area contributed by atoms with Crippen molar-refractivity contribution >= 4 is 5.91 Å². The van der Waals surface area contributed by atoms with Crippen LogP contribution in [0.25, 0.3) is 0 Å². The highest BCUT2D eigenvalue weighted by Gasteiger charge is 2.38. The van der Waals surface area contributed by atoms with E-state index in [1.165, 1.54) is 32.7 Å². The lowest BCUT2D eigenvalue weighted by atomic mass is 10.2. The van der Waals surface area contributed by atoms with Crippen LogP contribution in [-0.2, 0) is 13.2 Å². The highest BCUT2D eigenvalue weighted by atomic mass is 19.4. The molecule has 0 spiro atoms. The standard InChI is InChI=1S/C15H23F3N4O/c1-21-11-12(13(20-21)15(16,17)18)14(23)19-7-6-10-22-8-4-2-3-5-9-22/h11H,2-10H2,1H3,(H,19,23). The molecule has 1 aromatic rings. The molecular weight excluding hydrogens is 309 g/mol. The zero-order valence-electron chi connectivity index (χ0n) is 13.3. The van der Waals surface area contributed by atoms with Crippen LogP contribution in [0.2, 0.25) is 0 Å². The molecule has 2 rings (SSSR count). The SMILES string of the molecule is Cn1cc(C(=O)NCCCN2CCCCCC2)c(C(F)(F)F)n1. The molecule has 1 saturated heterocycles. The summed E-state index contributed by atoms with van der Waals surface area (Å²) in [5.41, 5.74) is -1.56. The van der Waals surface area contributed by atoms with Crippen LogP contribution in [0.4, 0.5) is 13.2 Å². The number of carbonyl (C=O) groups excluding carboxylic acids is 1. The van der Waals surface area contributed by atoms with E-state index >= 15 is 0 Å². The third-order valence-corrected chi connectivity index (χ3v) is 3.98. The summed E-state index contributed by atoms with van der Waals surface area (Å²) in [5, 5.41) is 5.90. The molecule has 0 aliphatic carbocycles. The van der Waals surface area contributed by atoms with E-state index in [0.29, 0.717) is 6.54 Å². The van der Waals surface area contributed by atoms with Crippen LogP contribution in [0, 0.1) is 0 Å². The third kappa shape index (κ3) is 5.23. The Bertz CT molecular complexity index is 519. The Balaban J connectivity index is 1.81. The quantitative estimate of drug-likeness (QED) is 0.843. The van der Waals surface area contributed by atoms with Crippen molar-refractivity contribution in [1.29, 1.82) is 0 Å². The maximum atomic E-state index is 12.8. The van der Waals surface area contributed by atoms with E-state index in [4.69, 9.17) is 0 Å². The predicted molar refractivity (Wildman–Crippen MR) is 80.1 cm³/mol. The lowest BCUT2D eigenvalue weighted by molar-refractivity contribution is -0.141. The topological polar surface area (TPSA) is 50.2 Å². The number of likely N-dealkylation sites (tertiary alicyclic amines) is 1. The molecule has 1 aliphatic rings. The fraction of sp³-hybridized carbons (Fsp3) is 0.733. The highest BCUT2D eigenvalue weighted by molar-refractivity contribution is 5.95. The molecular formula is C15H23F3N4O. The van der Waals surface area contributed by atoms with Gasteiger partial charge in [-0.1, -0.05) is 12.8 Å². The van der Waals surface area contributed by atoms with Gasteiger partial charge in [-0.2, -0.15) is 18.3 Å². The number of halogens is 3. The molecule has 0 unspecified atom stereocenters. The largest absolute Gasteiger partial charge is 0.435 e. The molecule has 2 heterocycles. The molecule has 8 heteroatoms. The van der Waals surface area contributed by atoms with E-state index in [9.17, 15) is 18.0 Å². The van der Waals surface area contributed by atoms with E-state index in [2.05, 4.69) is 15.3 Å². The number of rotatable bonds is 5. The average Bonchev–Trinajstić information content (AvgIpc) is 2.70. The number of hydrogen-bond donors (Lipinski definition) is 1. The Hall–Kier alpha value is -1.57. The molecule has 0 bridgehead atoms. The van der Waals surface area contributed by atoms with Gasteiger partial charge in [-0.3, -0.25) is 9.48 Å². The number of aromatic nitrogens is 2. The van der Waals surface area contributed by atoms with Crippen molar-refractivity contribution in [2.75, 3.05) is 26.2 Å². The summed E-state index contributed by atoms with van der Waals surface area (Å²) >= 11 is 0. The van der Waals surface area contributed by atoms with E-state index in [0.717, 1.165) is 36.9 Å². The lowest BCUT2D eigenvalue weighted by Gasteiger charge is -2.19. The first-order valence-corrected chi connectivity index (χ1v) is 7.99. The first-order valence-electron chi connectivity index (χ1n) is 7.99. The van der Waals surface area contributed by atoms with Crippen LogP contribution in [0.5, 0.6) is 0 Å². The van der Waals surface area contributed by atoms with Crippen LogP contribution < -0.4 is 5.32 Å². The van der Waals surface area contributed by atoms with Crippen LogP contribution >= 0.6 is 0 Å². The summed E-state index contributed by atoms with van der Waals surface area (Å²) < 4.78 is 39.5. The minimum atomic E-state index is -4.63. The molecule has 130 valence electrons. The van der Waals surface area contributed by atoms with Crippen molar-refractivity contribution in [1.82, 2.24) is 20.0 Å². The second-order valence-electron chi connectivity index (χ2n) is 5.93. The number of alkyl halides is 3. The van der Waals surface area contributed by atoms with Gasteiger partial charge in [0, 0.05) is 19.8 Å². The van der Waals surface area contributed by atoms with E-state index in [1.807, 2.05) is 0 Å². The summed E-state index contributed by atoms with van der Waals surface area (Å²) in [5.74, 6) is -0.721. The fourth-order valence-corrected chi connectivity index (χ4v) is 2.82. The number of carbonyl (C=O) groups is 1. The van der Waals surface area contributed by atoms with E-state index < -0.39 is 23.3 Å². The normalized spacial score (nSPS) is 17.0. The predicted octanol–water partition coefficient (Wildman–Crippen LogP) is 2.43. The van der Waals surface area contributed by atoms with Crippen molar-refractivity contribution in [2.45, 2.75) is 38.3 Å². The number of amides is 1. The number of nitrogens with zero attached hydrogens (tertiary/aromatic N) is 3. The molecule has 1 N–H and O–H groups in total. The van der Waals surface area contributed by atoms with Gasteiger partial charge in [0.05, 0.1) is 5.56 Å². The van der Waals surface area contributed by atoms with Gasteiger partial charge >= 0.3 is 6.18 Å². The van der Waals surface area contributed by atoms with Crippen molar-refractivity contribution in [3.8, 4) is 0 Å². The molecule has 5 nitrogen and oxygen atoms in total. The molecule has 1 fully saturated rings. The molecule has 0 saturated carbocycles. The zero-order valence-corrected chi connectivity index (χ0v) is 13.3. The van der Waals surface area contributed by atoms with E-state index in [-0.39, 0.29) is 0 Å². The van der Waals surface area contributed by atoms with Gasteiger partial charge in [-0.15, -0.1) is 0 Å². The monoisotopic (exact) mass is 332 g/mol. The maximum absolute atomic E-state index is 12.8. The van der Waals surface area contributed by atoms with Gasteiger partial charge < -0.3 is 10.2 Å². The molecule has 1 amide bonds. The molecule has 0 atom stereocenters. The van der Waals surface area contributed by atoms with Crippen LogP contribution in [0.15, 0.2) is 6.20 Å². The van der Waals surface area contributed by atoms with Gasteiger partial charge in [0.15, 0.2) is 5.69 Å². The Morgan fingerprint density at radius 2 is 1.91 bits per heavy atom. The second-order valence-corrected chi connectivity index (χ2v) is 5.93. The van der Waals surface area contributed by atoms with Gasteiger partial charge in [-0.25, -0.2) is 0 Å². The molecule has 0 radical (unpaired) electrons. The molecule has 1 aliphatic heterocycles. The lowest BCUT2D eigenvalue weighted by Crippen LogP contribution is -2.31. The minimum absolute atomic E-state index is 0.363. The van der Waals surface area contributed by atoms with Crippen LogP contribution in [0.1, 0.15) is 48.2 Å². The Morgan fingerprint density at radius 3 is 2.52 bits per heavy atom. The minimum Gasteiger partial charge on any atom is -0.352 e. The van der Waals surface area contributed by atoms with Crippen LogP contribution in [0.3, 0.4) is 0 Å². The summed E-state index contributed by atoms with van der Waals surface area (Å²) in [6.45, 7) is 3.35.